The van der Waals surface area contributed by atoms with Crippen molar-refractivity contribution in [3.63, 3.8) is 0 Å². The Morgan fingerprint density at radius 3 is 2.47 bits per heavy atom. The first kappa shape index (κ1) is 15.1. The normalized spacial score (nSPS) is 12.2. The molecular weight excluding hydrogens is 294 g/mol. The van der Waals surface area contributed by atoms with Crippen molar-refractivity contribution in [3.05, 3.63) is 28.2 Å². The van der Waals surface area contributed by atoms with Crippen LogP contribution in [0.4, 0.5) is 0 Å². The van der Waals surface area contributed by atoms with Gasteiger partial charge < -0.3 is 5.32 Å². The average Bonchev–Trinajstić information content (AvgIpc) is 2.16. The van der Waals surface area contributed by atoms with Gasteiger partial charge in [-0.15, -0.1) is 11.8 Å². The Morgan fingerprint density at radius 2 is 1.94 bits per heavy atom. The van der Waals surface area contributed by atoms with Crippen molar-refractivity contribution < 1.29 is 0 Å². The highest BCUT2D eigenvalue weighted by molar-refractivity contribution is 9.10. The number of thioether (sulfide) groups is 1. The molecule has 17 heavy (non-hydrogen) atoms. The standard InChI is InChI=1S/C14H22BrNS/c1-10(2)17-13-7-6-12(15)8-11(13)9-16-14(3,4)5/h6-8,10,16H,9H2,1-5H3. The van der Waals surface area contributed by atoms with Gasteiger partial charge in [-0.2, -0.15) is 0 Å². The molecule has 0 radical (unpaired) electrons. The quantitative estimate of drug-likeness (QED) is 0.798. The van der Waals surface area contributed by atoms with E-state index in [9.17, 15) is 0 Å². The van der Waals surface area contributed by atoms with Gasteiger partial charge in [0.05, 0.1) is 0 Å². The van der Waals surface area contributed by atoms with Gasteiger partial charge in [0, 0.05) is 26.7 Å². The summed E-state index contributed by atoms with van der Waals surface area (Å²) in [6.45, 7) is 12.0. The summed E-state index contributed by atoms with van der Waals surface area (Å²) in [5.41, 5.74) is 1.52. The molecule has 0 fully saturated rings. The zero-order chi connectivity index (χ0) is 13.1. The summed E-state index contributed by atoms with van der Waals surface area (Å²) in [7, 11) is 0. The van der Waals surface area contributed by atoms with Gasteiger partial charge in [0.25, 0.3) is 0 Å². The lowest BCUT2D eigenvalue weighted by Gasteiger charge is -2.22. The minimum Gasteiger partial charge on any atom is -0.308 e. The fourth-order valence-electron chi connectivity index (χ4n) is 1.42. The van der Waals surface area contributed by atoms with Crippen LogP contribution in [0, 0.1) is 0 Å². The number of hydrogen-bond acceptors (Lipinski definition) is 2. The van der Waals surface area contributed by atoms with Crippen molar-refractivity contribution in [2.24, 2.45) is 0 Å². The second kappa shape index (κ2) is 6.26. The Kier molecular flexibility index (Phi) is 5.55. The maximum absolute atomic E-state index is 3.55. The first-order chi connectivity index (χ1) is 7.78. The zero-order valence-corrected chi connectivity index (χ0v) is 13.7. The van der Waals surface area contributed by atoms with Crippen molar-refractivity contribution in [2.75, 3.05) is 0 Å². The highest BCUT2D eigenvalue weighted by Crippen LogP contribution is 2.29. The molecule has 1 aromatic rings. The molecule has 96 valence electrons. The molecule has 0 aliphatic rings. The van der Waals surface area contributed by atoms with Crippen LogP contribution in [0.5, 0.6) is 0 Å². The Bertz CT molecular complexity index is 369. The van der Waals surface area contributed by atoms with E-state index in [0.717, 1.165) is 11.0 Å². The SMILES string of the molecule is CC(C)Sc1ccc(Br)cc1CNC(C)(C)C. The maximum atomic E-state index is 3.55. The molecule has 0 amide bonds. The summed E-state index contributed by atoms with van der Waals surface area (Å²) in [6, 6.07) is 6.53. The van der Waals surface area contributed by atoms with Crippen LogP contribution in [0.1, 0.15) is 40.2 Å². The fraction of sp³-hybridized carbons (Fsp3) is 0.571. The van der Waals surface area contributed by atoms with Crippen LogP contribution >= 0.6 is 27.7 Å². The molecule has 0 bridgehead atoms. The van der Waals surface area contributed by atoms with Gasteiger partial charge in [-0.05, 0) is 44.5 Å². The number of rotatable bonds is 4. The third-order valence-corrected chi connectivity index (χ3v) is 3.81. The monoisotopic (exact) mass is 315 g/mol. The fourth-order valence-corrected chi connectivity index (χ4v) is 2.76. The second-order valence-corrected chi connectivity index (χ2v) is 8.06. The van der Waals surface area contributed by atoms with Gasteiger partial charge in [-0.1, -0.05) is 29.8 Å². The Balaban J connectivity index is 2.83. The first-order valence-electron chi connectivity index (χ1n) is 5.98. The van der Waals surface area contributed by atoms with E-state index < -0.39 is 0 Å². The number of halogens is 1. The van der Waals surface area contributed by atoms with Gasteiger partial charge in [0.2, 0.25) is 0 Å². The van der Waals surface area contributed by atoms with Crippen molar-refractivity contribution in [2.45, 2.75) is 56.8 Å². The molecule has 1 rings (SSSR count). The molecule has 0 saturated carbocycles. The van der Waals surface area contributed by atoms with Gasteiger partial charge in [0.15, 0.2) is 0 Å². The molecule has 1 aromatic carbocycles. The lowest BCUT2D eigenvalue weighted by atomic mass is 10.1. The molecule has 0 aromatic heterocycles. The van der Waals surface area contributed by atoms with E-state index in [1.54, 1.807) is 0 Å². The predicted molar refractivity (Wildman–Crippen MR) is 81.7 cm³/mol. The van der Waals surface area contributed by atoms with E-state index in [-0.39, 0.29) is 5.54 Å². The largest absolute Gasteiger partial charge is 0.308 e. The van der Waals surface area contributed by atoms with Gasteiger partial charge in [-0.3, -0.25) is 0 Å². The molecule has 0 heterocycles. The second-order valence-electron chi connectivity index (χ2n) is 5.52. The molecule has 0 atom stereocenters. The topological polar surface area (TPSA) is 12.0 Å². The molecule has 1 N–H and O–H groups in total. The van der Waals surface area contributed by atoms with Crippen molar-refractivity contribution >= 4 is 27.7 Å². The minimum absolute atomic E-state index is 0.155. The summed E-state index contributed by atoms with van der Waals surface area (Å²) in [4.78, 5) is 1.37. The number of nitrogens with one attached hydrogen (secondary N) is 1. The minimum atomic E-state index is 0.155. The lowest BCUT2D eigenvalue weighted by molar-refractivity contribution is 0.422. The average molecular weight is 316 g/mol. The van der Waals surface area contributed by atoms with Crippen LogP contribution in [-0.2, 0) is 6.54 Å². The van der Waals surface area contributed by atoms with Crippen molar-refractivity contribution in [1.29, 1.82) is 0 Å². The molecule has 3 heteroatoms. The van der Waals surface area contributed by atoms with Crippen LogP contribution in [0.2, 0.25) is 0 Å². The highest BCUT2D eigenvalue weighted by atomic mass is 79.9. The molecule has 0 aliphatic heterocycles. The summed E-state index contributed by atoms with van der Waals surface area (Å²) in [6.07, 6.45) is 0. The maximum Gasteiger partial charge on any atom is 0.0221 e. The van der Waals surface area contributed by atoms with Crippen molar-refractivity contribution in [3.8, 4) is 0 Å². The lowest BCUT2D eigenvalue weighted by Crippen LogP contribution is -2.35. The predicted octanol–water partition coefficient (Wildman–Crippen LogP) is 4.84. The smallest absolute Gasteiger partial charge is 0.0221 e. The third-order valence-electron chi connectivity index (χ3n) is 2.19. The summed E-state index contributed by atoms with van der Waals surface area (Å²) >= 11 is 5.47. The Hall–Kier alpha value is 0.01000. The molecule has 0 aliphatic carbocycles. The van der Waals surface area contributed by atoms with Crippen LogP contribution < -0.4 is 5.32 Å². The molecule has 0 saturated heterocycles. The van der Waals surface area contributed by atoms with E-state index in [1.165, 1.54) is 10.5 Å². The van der Waals surface area contributed by atoms with Crippen molar-refractivity contribution in [1.82, 2.24) is 5.32 Å². The first-order valence-corrected chi connectivity index (χ1v) is 7.65. The number of benzene rings is 1. The van der Waals surface area contributed by atoms with E-state index in [2.05, 4.69) is 74.1 Å². The van der Waals surface area contributed by atoms with E-state index in [4.69, 9.17) is 0 Å². The van der Waals surface area contributed by atoms with Gasteiger partial charge in [0.1, 0.15) is 0 Å². The van der Waals surface area contributed by atoms with Gasteiger partial charge in [-0.25, -0.2) is 0 Å². The van der Waals surface area contributed by atoms with Gasteiger partial charge >= 0.3 is 0 Å². The summed E-state index contributed by atoms with van der Waals surface area (Å²) in [5.74, 6) is 0. The summed E-state index contributed by atoms with van der Waals surface area (Å²) < 4.78 is 1.15. The summed E-state index contributed by atoms with van der Waals surface area (Å²) in [5, 5.41) is 4.16. The third kappa shape index (κ3) is 5.94. The molecular formula is C14H22BrNS. The highest BCUT2D eigenvalue weighted by Gasteiger charge is 2.11. The van der Waals surface area contributed by atoms with E-state index >= 15 is 0 Å². The Labute approximate surface area is 118 Å². The van der Waals surface area contributed by atoms with Crippen LogP contribution in [-0.4, -0.2) is 10.8 Å². The van der Waals surface area contributed by atoms with Crippen LogP contribution in [0.25, 0.3) is 0 Å². The van der Waals surface area contributed by atoms with E-state index in [0.29, 0.717) is 5.25 Å². The molecule has 0 spiro atoms. The molecule has 0 unspecified atom stereocenters. The van der Waals surface area contributed by atoms with Crippen LogP contribution in [0.3, 0.4) is 0 Å². The van der Waals surface area contributed by atoms with E-state index in [1.807, 2.05) is 11.8 Å². The number of hydrogen-bond donors (Lipinski definition) is 1. The Morgan fingerprint density at radius 1 is 1.29 bits per heavy atom. The zero-order valence-electron chi connectivity index (χ0n) is 11.3. The molecule has 1 nitrogen and oxygen atoms in total. The van der Waals surface area contributed by atoms with Crippen LogP contribution in [0.15, 0.2) is 27.6 Å².